The smallest absolute Gasteiger partial charge is 0.298 e. The Kier molecular flexibility index (Phi) is 7.55. The first-order chi connectivity index (χ1) is 17.2. The van der Waals surface area contributed by atoms with Crippen LogP contribution in [0, 0.1) is 20.8 Å². The predicted octanol–water partition coefficient (Wildman–Crippen LogP) is 5.44. The number of nitrogens with zero attached hydrogens (tertiary/aromatic N) is 3. The molecule has 1 aromatic carbocycles. The number of nitrogens with one attached hydrogen (secondary N) is 2. The Morgan fingerprint density at radius 2 is 1.81 bits per heavy atom. The molecule has 0 fully saturated rings. The molecule has 0 saturated carbocycles. The van der Waals surface area contributed by atoms with Crippen molar-refractivity contribution < 1.29 is 9.59 Å². The fourth-order valence-electron chi connectivity index (χ4n) is 4.13. The zero-order chi connectivity index (χ0) is 25.8. The number of carbonyl (C=O) groups excluding carboxylic acids is 2. The van der Waals surface area contributed by atoms with Crippen molar-refractivity contribution in [2.24, 2.45) is 7.05 Å². The number of hydrogen-bond donors (Lipinski definition) is 2. The third-order valence-corrected chi connectivity index (χ3v) is 7.00. The van der Waals surface area contributed by atoms with Crippen molar-refractivity contribution in [3.05, 3.63) is 82.6 Å². The van der Waals surface area contributed by atoms with Crippen molar-refractivity contribution in [3.8, 4) is 10.4 Å². The summed E-state index contributed by atoms with van der Waals surface area (Å²) in [7, 11) is 3.82. The number of ketones is 1. The van der Waals surface area contributed by atoms with E-state index in [1.54, 1.807) is 15.9 Å². The molecule has 4 aromatic rings. The number of pyridine rings is 1. The number of anilines is 3. The Bertz CT molecular complexity index is 1350. The summed E-state index contributed by atoms with van der Waals surface area (Å²) >= 11 is 1.55. The maximum Gasteiger partial charge on any atom is 0.298 e. The number of carbonyl (C=O) groups is 2. The molecule has 3 heterocycles. The second kappa shape index (κ2) is 10.8. The molecule has 8 heteroatoms. The van der Waals surface area contributed by atoms with Crippen molar-refractivity contribution in [1.29, 1.82) is 0 Å². The molecule has 186 valence electrons. The third kappa shape index (κ3) is 5.66. The van der Waals surface area contributed by atoms with Gasteiger partial charge in [-0.25, -0.2) is 4.98 Å². The lowest BCUT2D eigenvalue weighted by Crippen LogP contribution is -2.26. The zero-order valence-electron chi connectivity index (χ0n) is 21.3. The van der Waals surface area contributed by atoms with E-state index in [-0.39, 0.29) is 0 Å². The summed E-state index contributed by atoms with van der Waals surface area (Å²) < 4.78 is 1.77. The minimum atomic E-state index is -0.653. The predicted molar refractivity (Wildman–Crippen MR) is 148 cm³/mol. The van der Waals surface area contributed by atoms with E-state index in [4.69, 9.17) is 0 Å². The van der Waals surface area contributed by atoms with Crippen LogP contribution >= 0.6 is 11.3 Å². The van der Waals surface area contributed by atoms with Gasteiger partial charge in [0.15, 0.2) is 0 Å². The van der Waals surface area contributed by atoms with Gasteiger partial charge in [0, 0.05) is 60.4 Å². The largest absolute Gasteiger partial charge is 0.373 e. The van der Waals surface area contributed by atoms with Crippen LogP contribution in [0.15, 0.2) is 60.0 Å². The lowest BCUT2D eigenvalue weighted by molar-refractivity contribution is -0.112. The van der Waals surface area contributed by atoms with Gasteiger partial charge in [-0.3, -0.25) is 9.59 Å². The van der Waals surface area contributed by atoms with Crippen LogP contribution in [-0.4, -0.2) is 41.4 Å². The molecule has 2 N–H and O–H groups in total. The van der Waals surface area contributed by atoms with Gasteiger partial charge in [-0.15, -0.1) is 11.3 Å². The van der Waals surface area contributed by atoms with E-state index >= 15 is 0 Å². The van der Waals surface area contributed by atoms with Crippen molar-refractivity contribution in [3.63, 3.8) is 0 Å². The van der Waals surface area contributed by atoms with Gasteiger partial charge < -0.3 is 20.1 Å². The highest BCUT2D eigenvalue weighted by molar-refractivity contribution is 7.13. The number of benzene rings is 1. The standard InChI is InChI=1S/C28H31N5O2S/c1-18-15-19(2)30-25(16-18)29-12-13-32(4)22-10-8-21(9-11-22)31-28(35)27(34)26-23(17-20(3)33(26)5)24-7-6-14-36-24/h6-11,14-17H,12-13H2,1-5H3,(H,29,30)(H,31,35). The van der Waals surface area contributed by atoms with E-state index < -0.39 is 11.7 Å². The summed E-state index contributed by atoms with van der Waals surface area (Å²) in [6.07, 6.45) is 0. The molecule has 36 heavy (non-hydrogen) atoms. The molecule has 0 atom stereocenters. The van der Waals surface area contributed by atoms with Crippen molar-refractivity contribution in [1.82, 2.24) is 9.55 Å². The van der Waals surface area contributed by atoms with Crippen molar-refractivity contribution >= 4 is 40.2 Å². The fraction of sp³-hybridized carbons (Fsp3) is 0.250. The number of rotatable bonds is 9. The normalized spacial score (nSPS) is 10.8. The van der Waals surface area contributed by atoms with Crippen LogP contribution in [0.5, 0.6) is 0 Å². The molecule has 7 nitrogen and oxygen atoms in total. The number of thiophene rings is 1. The van der Waals surface area contributed by atoms with Gasteiger partial charge in [-0.2, -0.15) is 0 Å². The number of aryl methyl sites for hydroxylation is 3. The summed E-state index contributed by atoms with van der Waals surface area (Å²) in [6.45, 7) is 7.49. The molecule has 0 radical (unpaired) electrons. The van der Waals surface area contributed by atoms with Crippen LogP contribution in [0.1, 0.15) is 27.4 Å². The maximum atomic E-state index is 13.1. The number of aromatic nitrogens is 2. The van der Waals surface area contributed by atoms with Crippen LogP contribution in [0.2, 0.25) is 0 Å². The summed E-state index contributed by atoms with van der Waals surface area (Å²) in [5.74, 6) is -0.333. The van der Waals surface area contributed by atoms with Gasteiger partial charge in [0.05, 0.1) is 0 Å². The average Bonchev–Trinajstić information content (AvgIpc) is 3.47. The van der Waals surface area contributed by atoms with E-state index in [0.29, 0.717) is 11.4 Å². The van der Waals surface area contributed by atoms with E-state index in [2.05, 4.69) is 33.5 Å². The van der Waals surface area contributed by atoms with Crippen LogP contribution in [0.3, 0.4) is 0 Å². The number of likely N-dealkylation sites (N-methyl/N-ethyl adjacent to an activating group) is 1. The monoisotopic (exact) mass is 501 g/mol. The number of Topliss-reactive ketones (excluding diaryl/α,β-unsaturated/α-hetero) is 1. The molecular weight excluding hydrogens is 470 g/mol. The second-order valence-electron chi connectivity index (χ2n) is 8.93. The molecule has 1 amide bonds. The summed E-state index contributed by atoms with van der Waals surface area (Å²) in [5.41, 5.74) is 5.86. The second-order valence-corrected chi connectivity index (χ2v) is 9.88. The minimum Gasteiger partial charge on any atom is -0.373 e. The molecule has 0 aliphatic carbocycles. The van der Waals surface area contributed by atoms with Gasteiger partial charge in [0.1, 0.15) is 11.5 Å². The quantitative estimate of drug-likeness (QED) is 0.236. The van der Waals surface area contributed by atoms with Crippen molar-refractivity contribution in [2.75, 3.05) is 35.7 Å². The highest BCUT2D eigenvalue weighted by Gasteiger charge is 2.25. The first-order valence-corrected chi connectivity index (χ1v) is 12.7. The molecule has 0 bridgehead atoms. The zero-order valence-corrected chi connectivity index (χ0v) is 22.1. The van der Waals surface area contributed by atoms with Crippen LogP contribution < -0.4 is 15.5 Å². The Morgan fingerprint density at radius 1 is 1.06 bits per heavy atom. The SMILES string of the molecule is Cc1cc(C)nc(NCCN(C)c2ccc(NC(=O)C(=O)c3c(-c4cccs4)cc(C)n3C)cc2)c1. The minimum absolute atomic E-state index is 0.398. The molecule has 4 rings (SSSR count). The van der Waals surface area contributed by atoms with Gasteiger partial charge in [0.2, 0.25) is 0 Å². The number of amides is 1. The molecule has 0 aliphatic rings. The van der Waals surface area contributed by atoms with E-state index in [1.807, 2.05) is 81.9 Å². The van der Waals surface area contributed by atoms with Crippen molar-refractivity contribution in [2.45, 2.75) is 20.8 Å². The lowest BCUT2D eigenvalue weighted by Gasteiger charge is -2.20. The van der Waals surface area contributed by atoms with E-state index in [9.17, 15) is 9.59 Å². The van der Waals surface area contributed by atoms with E-state index in [1.165, 1.54) is 5.56 Å². The Hall–Kier alpha value is -3.91. The van der Waals surface area contributed by atoms with Gasteiger partial charge in [-0.1, -0.05) is 6.07 Å². The Morgan fingerprint density at radius 3 is 2.47 bits per heavy atom. The van der Waals surface area contributed by atoms with Gasteiger partial charge >= 0.3 is 0 Å². The topological polar surface area (TPSA) is 79.3 Å². The summed E-state index contributed by atoms with van der Waals surface area (Å²) in [4.78, 5) is 33.5. The van der Waals surface area contributed by atoms with Crippen LogP contribution in [-0.2, 0) is 11.8 Å². The highest BCUT2D eigenvalue weighted by atomic mass is 32.1. The fourth-order valence-corrected chi connectivity index (χ4v) is 4.88. The van der Waals surface area contributed by atoms with Crippen LogP contribution in [0.25, 0.3) is 10.4 Å². The van der Waals surface area contributed by atoms with Gasteiger partial charge in [0.25, 0.3) is 11.7 Å². The molecule has 3 aromatic heterocycles. The van der Waals surface area contributed by atoms with Crippen LogP contribution in [0.4, 0.5) is 17.2 Å². The Balaban J connectivity index is 1.37. The van der Waals surface area contributed by atoms with E-state index in [0.717, 1.165) is 46.4 Å². The molecule has 0 unspecified atom stereocenters. The molecule has 0 aliphatic heterocycles. The summed E-state index contributed by atoms with van der Waals surface area (Å²) in [6, 6.07) is 17.4. The lowest BCUT2D eigenvalue weighted by atomic mass is 10.1. The molecule has 0 spiro atoms. The molecular formula is C28H31N5O2S. The first kappa shape index (κ1) is 25.2. The first-order valence-electron chi connectivity index (χ1n) is 11.8. The molecule has 0 saturated heterocycles. The Labute approximate surface area is 215 Å². The van der Waals surface area contributed by atoms with Gasteiger partial charge in [-0.05, 0) is 80.2 Å². The maximum absolute atomic E-state index is 13.1. The third-order valence-electron chi connectivity index (χ3n) is 6.10. The summed E-state index contributed by atoms with van der Waals surface area (Å²) in [5, 5.41) is 8.08. The highest BCUT2D eigenvalue weighted by Crippen LogP contribution is 2.31. The number of hydrogen-bond acceptors (Lipinski definition) is 6. The average molecular weight is 502 g/mol.